The van der Waals surface area contributed by atoms with Crippen LogP contribution >= 0.6 is 0 Å². The van der Waals surface area contributed by atoms with Gasteiger partial charge in [-0.3, -0.25) is 0 Å². The second-order valence-electron chi connectivity index (χ2n) is 4.26. The SMILES string of the molecule is COC(=O)c1cncn1C(C)c1ccc(C)cc1. The minimum absolute atomic E-state index is 0.0437. The second-order valence-corrected chi connectivity index (χ2v) is 4.26. The Morgan fingerprint density at radius 2 is 2.00 bits per heavy atom. The van der Waals surface area contributed by atoms with Crippen molar-refractivity contribution in [3.05, 3.63) is 53.6 Å². The van der Waals surface area contributed by atoms with Crippen LogP contribution in [0.1, 0.15) is 34.6 Å². The zero-order valence-electron chi connectivity index (χ0n) is 10.8. The molecule has 0 aliphatic rings. The lowest BCUT2D eigenvalue weighted by Crippen LogP contribution is -2.14. The molecule has 1 aromatic heterocycles. The molecule has 0 bridgehead atoms. The Morgan fingerprint density at radius 1 is 1.33 bits per heavy atom. The molecule has 4 heteroatoms. The molecule has 0 radical (unpaired) electrons. The molecule has 0 spiro atoms. The third kappa shape index (κ3) is 2.27. The van der Waals surface area contributed by atoms with Crippen molar-refractivity contribution in [3.8, 4) is 0 Å². The smallest absolute Gasteiger partial charge is 0.356 e. The highest BCUT2D eigenvalue weighted by atomic mass is 16.5. The van der Waals surface area contributed by atoms with E-state index in [4.69, 9.17) is 4.74 Å². The van der Waals surface area contributed by atoms with E-state index in [1.54, 1.807) is 6.33 Å². The largest absolute Gasteiger partial charge is 0.464 e. The number of aromatic nitrogens is 2. The molecule has 1 aromatic carbocycles. The van der Waals surface area contributed by atoms with Crippen LogP contribution in [0.15, 0.2) is 36.8 Å². The van der Waals surface area contributed by atoms with E-state index in [-0.39, 0.29) is 12.0 Å². The number of rotatable bonds is 3. The quantitative estimate of drug-likeness (QED) is 0.779. The lowest BCUT2D eigenvalue weighted by Gasteiger charge is -2.16. The number of imidazole rings is 1. The van der Waals surface area contributed by atoms with Crippen molar-refractivity contribution in [2.24, 2.45) is 0 Å². The van der Waals surface area contributed by atoms with Crippen LogP contribution in [0.25, 0.3) is 0 Å². The average molecular weight is 244 g/mol. The first-order valence-electron chi connectivity index (χ1n) is 5.80. The van der Waals surface area contributed by atoms with E-state index < -0.39 is 0 Å². The summed E-state index contributed by atoms with van der Waals surface area (Å²) >= 11 is 0. The Balaban J connectivity index is 2.34. The Kier molecular flexibility index (Phi) is 3.46. The molecule has 1 atom stereocenters. The van der Waals surface area contributed by atoms with Gasteiger partial charge in [0.1, 0.15) is 5.69 Å². The highest BCUT2D eigenvalue weighted by Gasteiger charge is 2.17. The van der Waals surface area contributed by atoms with Crippen LogP contribution in [-0.4, -0.2) is 22.6 Å². The molecule has 2 aromatic rings. The summed E-state index contributed by atoms with van der Waals surface area (Å²) in [5.41, 5.74) is 2.80. The predicted molar refractivity (Wildman–Crippen MR) is 68.6 cm³/mol. The summed E-state index contributed by atoms with van der Waals surface area (Å²) in [6.07, 6.45) is 3.17. The summed E-state index contributed by atoms with van der Waals surface area (Å²) in [7, 11) is 1.37. The van der Waals surface area contributed by atoms with Gasteiger partial charge in [-0.2, -0.15) is 0 Å². The van der Waals surface area contributed by atoms with Gasteiger partial charge in [0.05, 0.1) is 25.7 Å². The Hall–Kier alpha value is -2.10. The van der Waals surface area contributed by atoms with Gasteiger partial charge in [-0.1, -0.05) is 29.8 Å². The molecule has 0 amide bonds. The molecule has 4 nitrogen and oxygen atoms in total. The normalized spacial score (nSPS) is 12.2. The monoisotopic (exact) mass is 244 g/mol. The summed E-state index contributed by atoms with van der Waals surface area (Å²) in [4.78, 5) is 15.6. The number of hydrogen-bond donors (Lipinski definition) is 0. The van der Waals surface area contributed by atoms with E-state index in [0.29, 0.717) is 5.69 Å². The number of esters is 1. The van der Waals surface area contributed by atoms with Crippen molar-refractivity contribution < 1.29 is 9.53 Å². The number of ether oxygens (including phenoxy) is 1. The molecule has 94 valence electrons. The molecule has 0 N–H and O–H groups in total. The minimum atomic E-state index is -0.369. The van der Waals surface area contributed by atoms with Crippen LogP contribution in [0.5, 0.6) is 0 Å². The van der Waals surface area contributed by atoms with Crippen molar-refractivity contribution in [1.29, 1.82) is 0 Å². The minimum Gasteiger partial charge on any atom is -0.464 e. The van der Waals surface area contributed by atoms with Gasteiger partial charge in [0.15, 0.2) is 0 Å². The van der Waals surface area contributed by atoms with Gasteiger partial charge in [-0.25, -0.2) is 9.78 Å². The van der Waals surface area contributed by atoms with Gasteiger partial charge >= 0.3 is 5.97 Å². The first kappa shape index (κ1) is 12.4. The zero-order valence-corrected chi connectivity index (χ0v) is 10.8. The molecule has 0 aliphatic carbocycles. The standard InChI is InChI=1S/C14H16N2O2/c1-10-4-6-12(7-5-10)11(2)16-9-15-8-13(16)14(17)18-3/h4-9,11H,1-3H3. The van der Waals surface area contributed by atoms with Gasteiger partial charge in [-0.15, -0.1) is 0 Å². The zero-order chi connectivity index (χ0) is 13.1. The van der Waals surface area contributed by atoms with Crippen LogP contribution in [-0.2, 0) is 4.74 Å². The van der Waals surface area contributed by atoms with Gasteiger partial charge in [0.2, 0.25) is 0 Å². The Bertz CT molecular complexity index is 543. The number of carbonyl (C=O) groups excluding carboxylic acids is 1. The fraction of sp³-hybridized carbons (Fsp3) is 0.286. The lowest BCUT2D eigenvalue weighted by molar-refractivity contribution is 0.0587. The fourth-order valence-electron chi connectivity index (χ4n) is 1.88. The molecule has 0 saturated carbocycles. The number of hydrogen-bond acceptors (Lipinski definition) is 3. The Labute approximate surface area is 106 Å². The van der Waals surface area contributed by atoms with Crippen LogP contribution in [0, 0.1) is 6.92 Å². The molecule has 0 fully saturated rings. The van der Waals surface area contributed by atoms with Crippen molar-refractivity contribution in [3.63, 3.8) is 0 Å². The number of carbonyl (C=O) groups is 1. The van der Waals surface area contributed by atoms with Crippen molar-refractivity contribution in [1.82, 2.24) is 9.55 Å². The van der Waals surface area contributed by atoms with Gasteiger partial charge in [0, 0.05) is 0 Å². The summed E-state index contributed by atoms with van der Waals surface area (Å²) in [6, 6.07) is 8.27. The molecule has 0 aliphatic heterocycles. The predicted octanol–water partition coefficient (Wildman–Crippen LogP) is 2.59. The number of benzene rings is 1. The van der Waals surface area contributed by atoms with Gasteiger partial charge in [0.25, 0.3) is 0 Å². The summed E-state index contributed by atoms with van der Waals surface area (Å²) in [5, 5.41) is 0. The average Bonchev–Trinajstić information content (AvgIpc) is 2.87. The summed E-state index contributed by atoms with van der Waals surface area (Å²) in [6.45, 7) is 4.07. The maximum absolute atomic E-state index is 11.6. The second kappa shape index (κ2) is 5.04. The number of nitrogens with zero attached hydrogens (tertiary/aromatic N) is 2. The number of aryl methyl sites for hydroxylation is 1. The highest BCUT2D eigenvalue weighted by molar-refractivity contribution is 5.87. The van der Waals surface area contributed by atoms with Crippen LogP contribution in [0.2, 0.25) is 0 Å². The first-order chi connectivity index (χ1) is 8.63. The third-order valence-electron chi connectivity index (χ3n) is 3.04. The Morgan fingerprint density at radius 3 is 2.61 bits per heavy atom. The van der Waals surface area contributed by atoms with Crippen LogP contribution in [0.4, 0.5) is 0 Å². The first-order valence-corrected chi connectivity index (χ1v) is 5.80. The highest BCUT2D eigenvalue weighted by Crippen LogP contribution is 2.20. The van der Waals surface area contributed by atoms with Gasteiger partial charge < -0.3 is 9.30 Å². The van der Waals surface area contributed by atoms with E-state index in [0.717, 1.165) is 5.56 Å². The van der Waals surface area contributed by atoms with E-state index in [2.05, 4.69) is 29.2 Å². The summed E-state index contributed by atoms with van der Waals surface area (Å²) < 4.78 is 6.56. The van der Waals surface area contributed by atoms with Crippen LogP contribution < -0.4 is 0 Å². The van der Waals surface area contributed by atoms with Crippen molar-refractivity contribution in [2.45, 2.75) is 19.9 Å². The topological polar surface area (TPSA) is 44.1 Å². The summed E-state index contributed by atoms with van der Waals surface area (Å²) in [5.74, 6) is -0.369. The molecule has 1 heterocycles. The van der Waals surface area contributed by atoms with E-state index in [1.807, 2.05) is 18.4 Å². The molecular weight excluding hydrogens is 228 g/mol. The lowest BCUT2D eigenvalue weighted by atomic mass is 10.1. The molecule has 18 heavy (non-hydrogen) atoms. The van der Waals surface area contributed by atoms with Crippen LogP contribution in [0.3, 0.4) is 0 Å². The number of methoxy groups -OCH3 is 1. The maximum atomic E-state index is 11.6. The van der Waals surface area contributed by atoms with E-state index in [9.17, 15) is 4.79 Å². The van der Waals surface area contributed by atoms with E-state index in [1.165, 1.54) is 18.9 Å². The van der Waals surface area contributed by atoms with Crippen molar-refractivity contribution >= 4 is 5.97 Å². The molecule has 2 rings (SSSR count). The third-order valence-corrected chi connectivity index (χ3v) is 3.04. The van der Waals surface area contributed by atoms with E-state index >= 15 is 0 Å². The molecule has 0 saturated heterocycles. The van der Waals surface area contributed by atoms with Crippen molar-refractivity contribution in [2.75, 3.05) is 7.11 Å². The van der Waals surface area contributed by atoms with Gasteiger partial charge in [-0.05, 0) is 19.4 Å². The molecular formula is C14H16N2O2. The molecule has 1 unspecified atom stereocenters. The maximum Gasteiger partial charge on any atom is 0.356 e. The fourth-order valence-corrected chi connectivity index (χ4v) is 1.88.